The van der Waals surface area contributed by atoms with Crippen molar-refractivity contribution in [1.29, 1.82) is 0 Å². The molecule has 0 fully saturated rings. The van der Waals surface area contributed by atoms with Crippen molar-refractivity contribution >= 4 is 29.1 Å². The van der Waals surface area contributed by atoms with Gasteiger partial charge in [0.05, 0.1) is 15.6 Å². The first-order valence-corrected chi connectivity index (χ1v) is 6.72. The van der Waals surface area contributed by atoms with Crippen molar-refractivity contribution < 1.29 is 9.90 Å². The van der Waals surface area contributed by atoms with Gasteiger partial charge in [0.1, 0.15) is 5.75 Å². The molecule has 2 aromatic rings. The molecule has 0 saturated heterocycles. The molecule has 3 nitrogen and oxygen atoms in total. The van der Waals surface area contributed by atoms with Gasteiger partial charge in [0.15, 0.2) is 0 Å². The molecule has 1 amide bonds. The van der Waals surface area contributed by atoms with Crippen LogP contribution in [0.2, 0.25) is 10.0 Å². The second-order valence-electron chi connectivity index (χ2n) is 4.39. The monoisotopic (exact) mass is 309 g/mol. The topological polar surface area (TPSA) is 40.5 Å². The van der Waals surface area contributed by atoms with Gasteiger partial charge in [-0.15, -0.1) is 0 Å². The Labute approximate surface area is 127 Å². The van der Waals surface area contributed by atoms with E-state index in [9.17, 15) is 9.90 Å². The summed E-state index contributed by atoms with van der Waals surface area (Å²) in [4.78, 5) is 13.7. The highest BCUT2D eigenvalue weighted by Gasteiger charge is 2.16. The van der Waals surface area contributed by atoms with Gasteiger partial charge >= 0.3 is 0 Å². The molecular formula is C15H13Cl2NO2. The number of rotatable bonds is 3. The SMILES string of the molecule is CN(Cc1cccc(Cl)c1Cl)C(=O)c1ccccc1O. The van der Waals surface area contributed by atoms with E-state index in [0.717, 1.165) is 5.56 Å². The zero-order valence-corrected chi connectivity index (χ0v) is 12.3. The first-order chi connectivity index (χ1) is 9.50. The highest BCUT2D eigenvalue weighted by Crippen LogP contribution is 2.27. The first kappa shape index (κ1) is 14.7. The molecule has 20 heavy (non-hydrogen) atoms. The lowest BCUT2D eigenvalue weighted by Crippen LogP contribution is -2.26. The number of carbonyl (C=O) groups is 1. The summed E-state index contributed by atoms with van der Waals surface area (Å²) in [5.41, 5.74) is 1.01. The third-order valence-corrected chi connectivity index (χ3v) is 3.78. The largest absolute Gasteiger partial charge is 0.507 e. The molecule has 0 spiro atoms. The van der Waals surface area contributed by atoms with E-state index in [1.165, 1.54) is 11.0 Å². The minimum Gasteiger partial charge on any atom is -0.507 e. The Bertz CT molecular complexity index is 644. The zero-order chi connectivity index (χ0) is 14.7. The smallest absolute Gasteiger partial charge is 0.257 e. The van der Waals surface area contributed by atoms with Gasteiger partial charge in [-0.25, -0.2) is 0 Å². The number of hydrogen-bond acceptors (Lipinski definition) is 2. The Morgan fingerprint density at radius 1 is 1.15 bits per heavy atom. The van der Waals surface area contributed by atoms with Gasteiger partial charge in [-0.05, 0) is 23.8 Å². The predicted octanol–water partition coefficient (Wildman–Crippen LogP) is 3.97. The number of benzene rings is 2. The maximum atomic E-state index is 12.3. The first-order valence-electron chi connectivity index (χ1n) is 5.97. The molecule has 5 heteroatoms. The maximum absolute atomic E-state index is 12.3. The van der Waals surface area contributed by atoms with E-state index in [-0.39, 0.29) is 17.2 Å². The molecule has 0 aliphatic carbocycles. The van der Waals surface area contributed by atoms with Gasteiger partial charge in [-0.2, -0.15) is 0 Å². The van der Waals surface area contributed by atoms with Crippen LogP contribution in [0, 0.1) is 0 Å². The van der Waals surface area contributed by atoms with E-state index in [4.69, 9.17) is 23.2 Å². The number of carbonyl (C=O) groups excluding carboxylic acids is 1. The molecule has 0 atom stereocenters. The number of para-hydroxylation sites is 1. The summed E-state index contributed by atoms with van der Waals surface area (Å²) in [6.45, 7) is 0.312. The number of nitrogens with zero attached hydrogens (tertiary/aromatic N) is 1. The Hall–Kier alpha value is -1.71. The van der Waals surface area contributed by atoms with Gasteiger partial charge in [0.2, 0.25) is 0 Å². The van der Waals surface area contributed by atoms with Crippen LogP contribution in [-0.2, 0) is 6.54 Å². The van der Waals surface area contributed by atoms with Crippen molar-refractivity contribution in [2.45, 2.75) is 6.54 Å². The summed E-state index contributed by atoms with van der Waals surface area (Å²) >= 11 is 12.0. The number of phenolic OH excluding ortho intramolecular Hbond substituents is 1. The van der Waals surface area contributed by atoms with Gasteiger partial charge in [-0.3, -0.25) is 4.79 Å². The molecule has 0 saturated carbocycles. The van der Waals surface area contributed by atoms with Crippen molar-refractivity contribution in [3.05, 3.63) is 63.6 Å². The average molecular weight is 310 g/mol. The molecule has 0 bridgehead atoms. The molecule has 2 aromatic carbocycles. The standard InChI is InChI=1S/C15H13Cl2NO2/c1-18(9-10-5-4-7-12(16)14(10)17)15(20)11-6-2-3-8-13(11)19/h2-8,19H,9H2,1H3. The van der Waals surface area contributed by atoms with Crippen LogP contribution in [0.4, 0.5) is 0 Å². The van der Waals surface area contributed by atoms with Crippen LogP contribution in [0.5, 0.6) is 5.75 Å². The molecular weight excluding hydrogens is 297 g/mol. The van der Waals surface area contributed by atoms with Crippen LogP contribution < -0.4 is 0 Å². The van der Waals surface area contributed by atoms with Crippen molar-refractivity contribution in [1.82, 2.24) is 4.90 Å². The quantitative estimate of drug-likeness (QED) is 0.932. The van der Waals surface area contributed by atoms with Gasteiger partial charge in [0, 0.05) is 13.6 Å². The van der Waals surface area contributed by atoms with E-state index >= 15 is 0 Å². The molecule has 104 valence electrons. The lowest BCUT2D eigenvalue weighted by Gasteiger charge is -2.19. The number of halogens is 2. The molecule has 0 unspecified atom stereocenters. The Kier molecular flexibility index (Phi) is 4.53. The van der Waals surface area contributed by atoms with Gasteiger partial charge in [0.25, 0.3) is 5.91 Å². The van der Waals surface area contributed by atoms with E-state index in [1.54, 1.807) is 37.4 Å². The summed E-state index contributed by atoms with van der Waals surface area (Å²) in [5, 5.41) is 10.6. The van der Waals surface area contributed by atoms with Crippen LogP contribution >= 0.6 is 23.2 Å². The third-order valence-electron chi connectivity index (χ3n) is 2.92. The fraction of sp³-hybridized carbons (Fsp3) is 0.133. The number of hydrogen-bond donors (Lipinski definition) is 1. The molecule has 1 N–H and O–H groups in total. The number of phenols is 1. The van der Waals surface area contributed by atoms with E-state index in [2.05, 4.69) is 0 Å². The molecule has 0 radical (unpaired) electrons. The van der Waals surface area contributed by atoms with E-state index in [1.807, 2.05) is 6.07 Å². The van der Waals surface area contributed by atoms with Crippen LogP contribution in [-0.4, -0.2) is 23.0 Å². The van der Waals surface area contributed by atoms with Crippen molar-refractivity contribution in [2.24, 2.45) is 0 Å². The van der Waals surface area contributed by atoms with Crippen LogP contribution in [0.15, 0.2) is 42.5 Å². The van der Waals surface area contributed by atoms with Crippen molar-refractivity contribution in [2.75, 3.05) is 7.05 Å². The highest BCUT2D eigenvalue weighted by atomic mass is 35.5. The normalized spacial score (nSPS) is 10.3. The van der Waals surface area contributed by atoms with Crippen LogP contribution in [0.3, 0.4) is 0 Å². The minimum atomic E-state index is -0.279. The summed E-state index contributed by atoms with van der Waals surface area (Å²) in [5.74, 6) is -0.319. The second-order valence-corrected chi connectivity index (χ2v) is 5.18. The fourth-order valence-electron chi connectivity index (χ4n) is 1.86. The zero-order valence-electron chi connectivity index (χ0n) is 10.8. The van der Waals surface area contributed by atoms with Gasteiger partial charge in [-0.1, -0.05) is 47.5 Å². The Balaban J connectivity index is 2.20. The Morgan fingerprint density at radius 2 is 1.85 bits per heavy atom. The Morgan fingerprint density at radius 3 is 2.55 bits per heavy atom. The summed E-state index contributed by atoms with van der Waals surface area (Å²) in [7, 11) is 1.64. The lowest BCUT2D eigenvalue weighted by molar-refractivity contribution is 0.0782. The van der Waals surface area contributed by atoms with Crippen molar-refractivity contribution in [3.63, 3.8) is 0 Å². The maximum Gasteiger partial charge on any atom is 0.257 e. The molecule has 0 heterocycles. The van der Waals surface area contributed by atoms with Crippen molar-refractivity contribution in [3.8, 4) is 5.75 Å². The molecule has 2 rings (SSSR count). The third kappa shape index (κ3) is 3.06. The predicted molar refractivity (Wildman–Crippen MR) is 80.4 cm³/mol. The summed E-state index contributed by atoms with van der Waals surface area (Å²) < 4.78 is 0. The van der Waals surface area contributed by atoms with E-state index < -0.39 is 0 Å². The minimum absolute atomic E-state index is 0.0402. The summed E-state index contributed by atoms with van der Waals surface area (Å²) in [6.07, 6.45) is 0. The van der Waals surface area contributed by atoms with Crippen LogP contribution in [0.25, 0.3) is 0 Å². The second kappa shape index (κ2) is 6.16. The fourth-order valence-corrected chi connectivity index (χ4v) is 2.24. The average Bonchev–Trinajstić information content (AvgIpc) is 2.43. The van der Waals surface area contributed by atoms with E-state index in [0.29, 0.717) is 16.6 Å². The van der Waals surface area contributed by atoms with Crippen LogP contribution in [0.1, 0.15) is 15.9 Å². The number of amides is 1. The number of aromatic hydroxyl groups is 1. The molecule has 0 aromatic heterocycles. The molecule has 0 aliphatic rings. The van der Waals surface area contributed by atoms with Gasteiger partial charge < -0.3 is 10.0 Å². The molecule has 0 aliphatic heterocycles. The lowest BCUT2D eigenvalue weighted by atomic mass is 10.1. The summed E-state index contributed by atoms with van der Waals surface area (Å²) in [6, 6.07) is 11.7. The highest BCUT2D eigenvalue weighted by molar-refractivity contribution is 6.42.